The van der Waals surface area contributed by atoms with Gasteiger partial charge in [0.25, 0.3) is 5.91 Å². The van der Waals surface area contributed by atoms with Crippen LogP contribution in [0.1, 0.15) is 23.2 Å². The first-order valence-corrected chi connectivity index (χ1v) is 11.0. The number of Topliss-reactive ketones (excluding diaryl/α,β-unsaturated/α-hetero) is 1. The number of hydrogen-bond donors (Lipinski definition) is 0. The average molecular weight is 487 g/mol. The van der Waals surface area contributed by atoms with Crippen LogP contribution in [0.5, 0.6) is 11.5 Å². The van der Waals surface area contributed by atoms with Crippen LogP contribution in [0.2, 0.25) is 0 Å². The maximum absolute atomic E-state index is 12.8. The molecule has 1 saturated heterocycles. The summed E-state index contributed by atoms with van der Waals surface area (Å²) in [4.78, 5) is 41.0. The molecular formula is C23H23BrN2O5. The van der Waals surface area contributed by atoms with E-state index < -0.39 is 6.10 Å². The molecule has 2 aromatic carbocycles. The summed E-state index contributed by atoms with van der Waals surface area (Å²) in [5.74, 6) is 0.955. The molecule has 2 amide bonds. The highest BCUT2D eigenvalue weighted by Gasteiger charge is 2.33. The van der Waals surface area contributed by atoms with Gasteiger partial charge in [-0.3, -0.25) is 14.4 Å². The van der Waals surface area contributed by atoms with Gasteiger partial charge >= 0.3 is 0 Å². The Labute approximate surface area is 189 Å². The van der Waals surface area contributed by atoms with Crippen LogP contribution in [0.4, 0.5) is 0 Å². The molecule has 0 unspecified atom stereocenters. The minimum Gasteiger partial charge on any atom is -0.485 e. The number of ether oxygens (including phenoxy) is 2. The fourth-order valence-electron chi connectivity index (χ4n) is 3.68. The molecule has 2 aliphatic heterocycles. The predicted octanol–water partition coefficient (Wildman–Crippen LogP) is 2.92. The number of hydrogen-bond acceptors (Lipinski definition) is 5. The number of piperazine rings is 1. The van der Waals surface area contributed by atoms with Crippen LogP contribution in [0.25, 0.3) is 0 Å². The highest BCUT2D eigenvalue weighted by Crippen LogP contribution is 2.31. The molecule has 162 valence electrons. The van der Waals surface area contributed by atoms with Gasteiger partial charge in [0, 0.05) is 49.1 Å². The number of amides is 2. The van der Waals surface area contributed by atoms with Gasteiger partial charge in [0.1, 0.15) is 6.61 Å². The monoisotopic (exact) mass is 486 g/mol. The third kappa shape index (κ3) is 5.07. The summed E-state index contributed by atoms with van der Waals surface area (Å²) in [6.07, 6.45) is -0.341. The normalized spacial score (nSPS) is 17.9. The molecule has 7 nitrogen and oxygen atoms in total. The van der Waals surface area contributed by atoms with Crippen LogP contribution in [-0.2, 0) is 9.59 Å². The number of rotatable bonds is 5. The first-order valence-electron chi connectivity index (χ1n) is 10.2. The van der Waals surface area contributed by atoms with E-state index in [1.165, 1.54) is 0 Å². The summed E-state index contributed by atoms with van der Waals surface area (Å²) >= 11 is 3.34. The average Bonchev–Trinajstić information content (AvgIpc) is 2.82. The fourth-order valence-corrected chi connectivity index (χ4v) is 3.94. The summed E-state index contributed by atoms with van der Waals surface area (Å²) in [6, 6.07) is 14.4. The smallest absolute Gasteiger partial charge is 0.267 e. The minimum atomic E-state index is -0.680. The number of ketones is 1. The molecule has 2 aliphatic rings. The van der Waals surface area contributed by atoms with E-state index in [1.807, 2.05) is 30.3 Å². The van der Waals surface area contributed by atoms with E-state index in [9.17, 15) is 14.4 Å². The molecule has 0 aromatic heterocycles. The molecule has 2 aromatic rings. The van der Waals surface area contributed by atoms with Gasteiger partial charge < -0.3 is 19.3 Å². The van der Waals surface area contributed by atoms with Gasteiger partial charge in [-0.15, -0.1) is 0 Å². The molecule has 0 radical (unpaired) electrons. The zero-order valence-electron chi connectivity index (χ0n) is 17.0. The van der Waals surface area contributed by atoms with E-state index in [2.05, 4.69) is 15.9 Å². The van der Waals surface area contributed by atoms with Crippen molar-refractivity contribution in [3.05, 3.63) is 58.6 Å². The van der Waals surface area contributed by atoms with E-state index in [0.29, 0.717) is 43.2 Å². The summed E-state index contributed by atoms with van der Waals surface area (Å²) in [7, 11) is 0. The van der Waals surface area contributed by atoms with Crippen molar-refractivity contribution in [2.75, 3.05) is 32.8 Å². The molecule has 2 heterocycles. The molecule has 8 heteroatoms. The molecule has 0 aliphatic carbocycles. The van der Waals surface area contributed by atoms with Crippen LogP contribution >= 0.6 is 15.9 Å². The Morgan fingerprint density at radius 1 is 0.871 bits per heavy atom. The van der Waals surface area contributed by atoms with Crippen molar-refractivity contribution in [1.29, 1.82) is 0 Å². The first kappa shape index (κ1) is 21.4. The van der Waals surface area contributed by atoms with Crippen molar-refractivity contribution >= 4 is 33.5 Å². The SMILES string of the molecule is O=C(CCC(=O)N1CCN(C(=O)[C@H]2COc3ccccc3O2)CC1)c1ccc(Br)cc1. The van der Waals surface area contributed by atoms with Gasteiger partial charge in [-0.1, -0.05) is 40.2 Å². The summed E-state index contributed by atoms with van der Waals surface area (Å²) in [5.41, 5.74) is 0.600. The molecule has 1 fully saturated rings. The number of carbonyl (C=O) groups excluding carboxylic acids is 3. The highest BCUT2D eigenvalue weighted by molar-refractivity contribution is 9.10. The molecule has 1 atom stereocenters. The van der Waals surface area contributed by atoms with E-state index in [1.54, 1.807) is 28.0 Å². The topological polar surface area (TPSA) is 76.2 Å². The van der Waals surface area contributed by atoms with Crippen molar-refractivity contribution in [2.45, 2.75) is 18.9 Å². The predicted molar refractivity (Wildman–Crippen MR) is 117 cm³/mol. The van der Waals surface area contributed by atoms with E-state index in [0.717, 1.165) is 4.47 Å². The van der Waals surface area contributed by atoms with Crippen molar-refractivity contribution in [3.8, 4) is 11.5 Å². The van der Waals surface area contributed by atoms with Crippen LogP contribution < -0.4 is 9.47 Å². The Balaban J connectivity index is 1.24. The third-order valence-electron chi connectivity index (χ3n) is 5.46. The molecule has 31 heavy (non-hydrogen) atoms. The Kier molecular flexibility index (Phi) is 6.56. The lowest BCUT2D eigenvalue weighted by Crippen LogP contribution is -2.55. The van der Waals surface area contributed by atoms with Crippen molar-refractivity contribution < 1.29 is 23.9 Å². The molecule has 0 bridgehead atoms. The van der Waals surface area contributed by atoms with Crippen molar-refractivity contribution in [2.24, 2.45) is 0 Å². The molecule has 0 saturated carbocycles. The number of para-hydroxylation sites is 2. The van der Waals surface area contributed by atoms with Gasteiger partial charge in [0.15, 0.2) is 17.3 Å². The van der Waals surface area contributed by atoms with Crippen LogP contribution in [-0.4, -0.2) is 66.3 Å². The number of benzene rings is 2. The van der Waals surface area contributed by atoms with Crippen LogP contribution in [0, 0.1) is 0 Å². The van der Waals surface area contributed by atoms with Crippen LogP contribution in [0.3, 0.4) is 0 Å². The third-order valence-corrected chi connectivity index (χ3v) is 5.99. The Morgan fingerprint density at radius 2 is 1.52 bits per heavy atom. The van der Waals surface area contributed by atoms with E-state index >= 15 is 0 Å². The highest BCUT2D eigenvalue weighted by atomic mass is 79.9. The van der Waals surface area contributed by atoms with Crippen molar-refractivity contribution in [3.63, 3.8) is 0 Å². The summed E-state index contributed by atoms with van der Waals surface area (Å²) in [5, 5.41) is 0. The maximum atomic E-state index is 12.8. The Hall–Kier alpha value is -2.87. The molecule has 4 rings (SSSR count). The van der Waals surface area contributed by atoms with Gasteiger partial charge in [0.2, 0.25) is 12.0 Å². The zero-order valence-corrected chi connectivity index (χ0v) is 18.5. The van der Waals surface area contributed by atoms with Gasteiger partial charge in [-0.25, -0.2) is 0 Å². The van der Waals surface area contributed by atoms with Crippen LogP contribution in [0.15, 0.2) is 53.0 Å². The summed E-state index contributed by atoms with van der Waals surface area (Å²) < 4.78 is 12.3. The molecule has 0 N–H and O–H groups in total. The number of fused-ring (bicyclic) bond motifs is 1. The van der Waals surface area contributed by atoms with Gasteiger partial charge in [-0.05, 0) is 24.3 Å². The number of carbonyl (C=O) groups is 3. The molecular weight excluding hydrogens is 464 g/mol. The quantitative estimate of drug-likeness (QED) is 0.607. The van der Waals surface area contributed by atoms with E-state index in [4.69, 9.17) is 9.47 Å². The second kappa shape index (κ2) is 9.51. The standard InChI is InChI=1S/C23H23BrN2O5/c24-17-7-5-16(6-8-17)18(27)9-10-22(28)25-11-13-26(14-12-25)23(29)21-15-30-19-3-1-2-4-20(19)31-21/h1-8,21H,9-15H2/t21-/m1/s1. The lowest BCUT2D eigenvalue weighted by molar-refractivity contribution is -0.146. The maximum Gasteiger partial charge on any atom is 0.267 e. The second-order valence-corrected chi connectivity index (χ2v) is 8.42. The van der Waals surface area contributed by atoms with Gasteiger partial charge in [0.05, 0.1) is 0 Å². The first-order chi connectivity index (χ1) is 15.0. The van der Waals surface area contributed by atoms with Gasteiger partial charge in [-0.2, -0.15) is 0 Å². The van der Waals surface area contributed by atoms with E-state index in [-0.39, 0.29) is 37.0 Å². The number of nitrogens with zero attached hydrogens (tertiary/aromatic N) is 2. The minimum absolute atomic E-state index is 0.0515. The second-order valence-electron chi connectivity index (χ2n) is 7.50. The zero-order chi connectivity index (χ0) is 21.8. The molecule has 0 spiro atoms. The fraction of sp³-hybridized carbons (Fsp3) is 0.348. The Morgan fingerprint density at radius 3 is 2.23 bits per heavy atom. The number of halogens is 1. The van der Waals surface area contributed by atoms with Crippen molar-refractivity contribution in [1.82, 2.24) is 9.80 Å². The summed E-state index contributed by atoms with van der Waals surface area (Å²) in [6.45, 7) is 1.94. The Bertz CT molecular complexity index is 970. The lowest BCUT2D eigenvalue weighted by atomic mass is 10.1. The largest absolute Gasteiger partial charge is 0.485 e. The lowest BCUT2D eigenvalue weighted by Gasteiger charge is -2.37.